The van der Waals surface area contributed by atoms with Gasteiger partial charge < -0.3 is 16.0 Å². The average Bonchev–Trinajstić information content (AvgIpc) is 2.50. The first kappa shape index (κ1) is 15.8. The molecule has 0 bridgehead atoms. The van der Waals surface area contributed by atoms with Crippen LogP contribution in [0.5, 0.6) is 0 Å². The average molecular weight is 289 g/mol. The summed E-state index contributed by atoms with van der Waals surface area (Å²) in [6.45, 7) is 2.78. The summed E-state index contributed by atoms with van der Waals surface area (Å²) in [4.78, 5) is 14.5. The summed E-state index contributed by atoms with van der Waals surface area (Å²) in [5.41, 5.74) is 7.47. The van der Waals surface area contributed by atoms with Crippen LogP contribution in [0.2, 0.25) is 0 Å². The molecule has 0 heterocycles. The van der Waals surface area contributed by atoms with Crippen molar-refractivity contribution < 1.29 is 4.79 Å². The second-order valence-electron chi connectivity index (χ2n) is 6.57. The van der Waals surface area contributed by atoms with E-state index < -0.39 is 0 Å². The fraction of sp³-hybridized carbons (Fsp3) is 0.588. The number of carbonyl (C=O) groups excluding carboxylic acids is 1. The number of nitrogens with two attached hydrogens (primary N) is 1. The molecule has 1 saturated carbocycles. The number of nitrogens with zero attached hydrogens (tertiary/aromatic N) is 1. The molecule has 1 fully saturated rings. The summed E-state index contributed by atoms with van der Waals surface area (Å²) in [6, 6.07) is 7.70. The fourth-order valence-corrected chi connectivity index (χ4v) is 2.93. The Morgan fingerprint density at radius 2 is 2.05 bits per heavy atom. The minimum absolute atomic E-state index is 0.0151. The Hall–Kier alpha value is -1.55. The van der Waals surface area contributed by atoms with Gasteiger partial charge >= 0.3 is 0 Å². The lowest BCUT2D eigenvalue weighted by Crippen LogP contribution is -2.55. The first-order valence-corrected chi connectivity index (χ1v) is 7.76. The van der Waals surface area contributed by atoms with Crippen molar-refractivity contribution in [1.82, 2.24) is 5.32 Å². The van der Waals surface area contributed by atoms with E-state index in [0.717, 1.165) is 37.3 Å². The Bertz CT molecular complexity index is 491. The number of hydrogen-bond donors (Lipinski definition) is 2. The van der Waals surface area contributed by atoms with E-state index >= 15 is 0 Å². The maximum absolute atomic E-state index is 12.5. The van der Waals surface area contributed by atoms with Gasteiger partial charge in [0.05, 0.1) is 5.54 Å². The number of hydrogen-bond acceptors (Lipinski definition) is 3. The van der Waals surface area contributed by atoms with Crippen LogP contribution in [0.3, 0.4) is 0 Å². The van der Waals surface area contributed by atoms with Gasteiger partial charge in [0, 0.05) is 31.9 Å². The molecule has 1 aliphatic rings. The van der Waals surface area contributed by atoms with Gasteiger partial charge in [-0.15, -0.1) is 0 Å². The van der Waals surface area contributed by atoms with Gasteiger partial charge in [-0.05, 0) is 49.8 Å². The van der Waals surface area contributed by atoms with Crippen molar-refractivity contribution in [3.05, 3.63) is 29.8 Å². The summed E-state index contributed by atoms with van der Waals surface area (Å²) in [5.74, 6) is 0.720. The third kappa shape index (κ3) is 3.76. The molecular weight excluding hydrogens is 262 g/mol. The summed E-state index contributed by atoms with van der Waals surface area (Å²) >= 11 is 0. The van der Waals surface area contributed by atoms with Crippen LogP contribution in [-0.2, 0) is 0 Å². The second kappa shape index (κ2) is 6.48. The highest BCUT2D eigenvalue weighted by molar-refractivity contribution is 5.95. The van der Waals surface area contributed by atoms with E-state index in [4.69, 9.17) is 5.73 Å². The zero-order valence-corrected chi connectivity index (χ0v) is 13.4. The highest BCUT2D eigenvalue weighted by atomic mass is 16.1. The Morgan fingerprint density at radius 1 is 1.38 bits per heavy atom. The van der Waals surface area contributed by atoms with Crippen molar-refractivity contribution in [3.8, 4) is 0 Å². The van der Waals surface area contributed by atoms with E-state index in [1.54, 1.807) is 0 Å². The van der Waals surface area contributed by atoms with Crippen LogP contribution in [0, 0.1) is 5.92 Å². The molecule has 116 valence electrons. The van der Waals surface area contributed by atoms with Gasteiger partial charge in [0.15, 0.2) is 0 Å². The number of nitrogens with one attached hydrogen (secondary N) is 1. The SMILES string of the molecule is CC1CCC(CN)(NC(=O)c2cccc(N(C)C)c2)CC1. The molecule has 0 radical (unpaired) electrons. The molecule has 4 nitrogen and oxygen atoms in total. The third-order valence-corrected chi connectivity index (χ3v) is 4.63. The molecule has 0 atom stereocenters. The van der Waals surface area contributed by atoms with Crippen LogP contribution in [0.25, 0.3) is 0 Å². The van der Waals surface area contributed by atoms with E-state index in [1.807, 2.05) is 43.3 Å². The molecule has 0 aliphatic heterocycles. The monoisotopic (exact) mass is 289 g/mol. The van der Waals surface area contributed by atoms with Crippen molar-refractivity contribution in [3.63, 3.8) is 0 Å². The Kier molecular flexibility index (Phi) is 4.88. The lowest BCUT2D eigenvalue weighted by atomic mass is 9.77. The Labute approximate surface area is 127 Å². The van der Waals surface area contributed by atoms with Crippen LogP contribution in [0.15, 0.2) is 24.3 Å². The summed E-state index contributed by atoms with van der Waals surface area (Å²) in [7, 11) is 3.95. The lowest BCUT2D eigenvalue weighted by molar-refractivity contribution is 0.0860. The second-order valence-corrected chi connectivity index (χ2v) is 6.57. The molecule has 21 heavy (non-hydrogen) atoms. The zero-order chi connectivity index (χ0) is 15.5. The Balaban J connectivity index is 2.11. The van der Waals surface area contributed by atoms with Crippen molar-refractivity contribution in [2.45, 2.75) is 38.1 Å². The molecular formula is C17H27N3O. The largest absolute Gasteiger partial charge is 0.378 e. The first-order valence-electron chi connectivity index (χ1n) is 7.76. The van der Waals surface area contributed by atoms with Gasteiger partial charge in [0.2, 0.25) is 0 Å². The molecule has 0 saturated heterocycles. The topological polar surface area (TPSA) is 58.4 Å². The molecule has 2 rings (SSSR count). The number of benzene rings is 1. The fourth-order valence-electron chi connectivity index (χ4n) is 2.93. The van der Waals surface area contributed by atoms with E-state index in [-0.39, 0.29) is 11.4 Å². The van der Waals surface area contributed by atoms with Crippen LogP contribution < -0.4 is 16.0 Å². The van der Waals surface area contributed by atoms with E-state index in [0.29, 0.717) is 12.1 Å². The van der Waals surface area contributed by atoms with Crippen molar-refractivity contribution >= 4 is 11.6 Å². The summed E-state index contributed by atoms with van der Waals surface area (Å²) in [5, 5.41) is 3.20. The van der Waals surface area contributed by atoms with Gasteiger partial charge in [0.25, 0.3) is 5.91 Å². The quantitative estimate of drug-likeness (QED) is 0.895. The molecule has 3 N–H and O–H groups in total. The molecule has 1 aromatic carbocycles. The van der Waals surface area contributed by atoms with Gasteiger partial charge in [-0.25, -0.2) is 0 Å². The zero-order valence-electron chi connectivity index (χ0n) is 13.4. The van der Waals surface area contributed by atoms with E-state index in [2.05, 4.69) is 12.2 Å². The molecule has 1 aliphatic carbocycles. The number of rotatable bonds is 4. The molecule has 1 aromatic rings. The van der Waals surface area contributed by atoms with Crippen LogP contribution in [-0.4, -0.2) is 32.1 Å². The minimum atomic E-state index is -0.224. The van der Waals surface area contributed by atoms with Crippen LogP contribution >= 0.6 is 0 Å². The van der Waals surface area contributed by atoms with Crippen LogP contribution in [0.1, 0.15) is 43.0 Å². The normalized spacial score (nSPS) is 25.4. The smallest absolute Gasteiger partial charge is 0.251 e. The third-order valence-electron chi connectivity index (χ3n) is 4.63. The highest BCUT2D eigenvalue weighted by Crippen LogP contribution is 2.31. The van der Waals surface area contributed by atoms with Crippen molar-refractivity contribution in [2.75, 3.05) is 25.5 Å². The predicted molar refractivity (Wildman–Crippen MR) is 87.7 cm³/mol. The van der Waals surface area contributed by atoms with E-state index in [1.165, 1.54) is 0 Å². The van der Waals surface area contributed by atoms with Gasteiger partial charge in [-0.1, -0.05) is 13.0 Å². The van der Waals surface area contributed by atoms with Gasteiger partial charge in [0.1, 0.15) is 0 Å². The highest BCUT2D eigenvalue weighted by Gasteiger charge is 2.34. The van der Waals surface area contributed by atoms with Gasteiger partial charge in [-0.3, -0.25) is 4.79 Å². The number of anilines is 1. The van der Waals surface area contributed by atoms with Crippen LogP contribution in [0.4, 0.5) is 5.69 Å². The molecule has 0 aromatic heterocycles. The number of amides is 1. The molecule has 0 unspecified atom stereocenters. The summed E-state index contributed by atoms with van der Waals surface area (Å²) in [6.07, 6.45) is 4.22. The van der Waals surface area contributed by atoms with Crippen molar-refractivity contribution in [1.29, 1.82) is 0 Å². The molecule has 4 heteroatoms. The Morgan fingerprint density at radius 3 is 2.62 bits per heavy atom. The maximum Gasteiger partial charge on any atom is 0.251 e. The lowest BCUT2D eigenvalue weighted by Gasteiger charge is -2.39. The first-order chi connectivity index (χ1) is 9.96. The van der Waals surface area contributed by atoms with Crippen molar-refractivity contribution in [2.24, 2.45) is 11.7 Å². The minimum Gasteiger partial charge on any atom is -0.378 e. The summed E-state index contributed by atoms with van der Waals surface area (Å²) < 4.78 is 0. The van der Waals surface area contributed by atoms with E-state index in [9.17, 15) is 4.79 Å². The number of carbonyl (C=O) groups is 1. The molecule has 0 spiro atoms. The van der Waals surface area contributed by atoms with Gasteiger partial charge in [-0.2, -0.15) is 0 Å². The predicted octanol–water partition coefficient (Wildman–Crippen LogP) is 2.39. The molecule has 1 amide bonds. The maximum atomic E-state index is 12.5. The standard InChI is InChI=1S/C17H27N3O/c1-13-7-9-17(12-18,10-8-13)19-16(21)14-5-4-6-15(11-14)20(2)3/h4-6,11,13H,7-10,12,18H2,1-3H3,(H,19,21).